The number of ether oxygens (including phenoxy) is 1. The lowest BCUT2D eigenvalue weighted by molar-refractivity contribution is -0.150. The fraction of sp³-hybridized carbons (Fsp3) is 0.308. The molecule has 0 saturated carbocycles. The molecular formula is C13H13F3O3. The van der Waals surface area contributed by atoms with Gasteiger partial charge in [-0.1, -0.05) is 29.8 Å². The molecule has 0 aromatic heterocycles. The van der Waals surface area contributed by atoms with E-state index in [0.29, 0.717) is 0 Å². The van der Waals surface area contributed by atoms with Gasteiger partial charge >= 0.3 is 12.1 Å². The molecule has 6 heteroatoms. The Kier molecular flexibility index (Phi) is 4.58. The number of hydrogen-bond donors (Lipinski definition) is 1. The quantitative estimate of drug-likeness (QED) is 0.522. The molecule has 1 aromatic rings. The van der Waals surface area contributed by atoms with E-state index in [1.807, 2.05) is 0 Å². The number of alkyl halides is 3. The molecule has 0 aliphatic rings. The maximum atomic E-state index is 12.8. The number of hydrogen-bond acceptors (Lipinski definition) is 3. The van der Waals surface area contributed by atoms with Gasteiger partial charge in [-0.05, 0) is 13.8 Å². The number of carbonyl (C=O) groups is 1. The highest BCUT2D eigenvalue weighted by atomic mass is 19.4. The molecule has 0 atom stereocenters. The summed E-state index contributed by atoms with van der Waals surface area (Å²) in [5, 5.41) is 9.66. The topological polar surface area (TPSA) is 46.5 Å². The molecule has 19 heavy (non-hydrogen) atoms. The van der Waals surface area contributed by atoms with E-state index in [9.17, 15) is 23.1 Å². The second kappa shape index (κ2) is 5.77. The van der Waals surface area contributed by atoms with E-state index in [2.05, 4.69) is 4.74 Å². The van der Waals surface area contributed by atoms with Crippen LogP contribution in [0.25, 0.3) is 5.76 Å². The Labute approximate surface area is 108 Å². The highest BCUT2D eigenvalue weighted by Gasteiger charge is 2.43. The van der Waals surface area contributed by atoms with Gasteiger partial charge in [0.15, 0.2) is 5.57 Å². The van der Waals surface area contributed by atoms with E-state index in [4.69, 9.17) is 0 Å². The molecule has 1 aromatic carbocycles. The normalized spacial score (nSPS) is 12.9. The molecule has 0 radical (unpaired) electrons. The maximum Gasteiger partial charge on any atom is 0.427 e. The number of aliphatic hydroxyl groups excluding tert-OH is 1. The van der Waals surface area contributed by atoms with E-state index >= 15 is 0 Å². The Morgan fingerprint density at radius 3 is 2.21 bits per heavy atom. The van der Waals surface area contributed by atoms with E-state index < -0.39 is 23.5 Å². The first-order valence-corrected chi connectivity index (χ1v) is 5.52. The zero-order valence-corrected chi connectivity index (χ0v) is 10.4. The third kappa shape index (κ3) is 3.74. The highest BCUT2D eigenvalue weighted by Crippen LogP contribution is 2.32. The van der Waals surface area contributed by atoms with Crippen molar-refractivity contribution >= 4 is 11.7 Å². The van der Waals surface area contributed by atoms with Crippen LogP contribution < -0.4 is 0 Å². The summed E-state index contributed by atoms with van der Waals surface area (Å²) in [6, 6.07) is 5.67. The Morgan fingerprint density at radius 1 is 1.26 bits per heavy atom. The lowest BCUT2D eigenvalue weighted by Gasteiger charge is -2.13. The molecule has 0 heterocycles. The molecule has 0 amide bonds. The number of carbonyl (C=O) groups excluding carboxylic acids is 1. The fourth-order valence-corrected chi connectivity index (χ4v) is 1.41. The smallest absolute Gasteiger partial charge is 0.427 e. The molecule has 0 aliphatic carbocycles. The van der Waals surface area contributed by atoms with Crippen LogP contribution in [0.15, 0.2) is 29.8 Å². The van der Waals surface area contributed by atoms with Gasteiger partial charge in [0.05, 0.1) is 6.61 Å². The summed E-state index contributed by atoms with van der Waals surface area (Å²) in [4.78, 5) is 11.3. The first-order valence-electron chi connectivity index (χ1n) is 5.52. The fourth-order valence-electron chi connectivity index (χ4n) is 1.41. The van der Waals surface area contributed by atoms with Crippen molar-refractivity contribution in [2.24, 2.45) is 0 Å². The van der Waals surface area contributed by atoms with Crippen molar-refractivity contribution in [1.82, 2.24) is 0 Å². The zero-order chi connectivity index (χ0) is 14.6. The molecule has 0 saturated heterocycles. The first-order chi connectivity index (χ1) is 8.77. The van der Waals surface area contributed by atoms with E-state index in [-0.39, 0.29) is 12.2 Å². The predicted molar refractivity (Wildman–Crippen MR) is 63.4 cm³/mol. The van der Waals surface area contributed by atoms with Crippen LogP contribution in [0.4, 0.5) is 13.2 Å². The molecule has 1 N–H and O–H groups in total. The molecule has 0 unspecified atom stereocenters. The maximum absolute atomic E-state index is 12.8. The van der Waals surface area contributed by atoms with E-state index in [1.54, 1.807) is 6.92 Å². The average molecular weight is 274 g/mol. The summed E-state index contributed by atoms with van der Waals surface area (Å²) in [5.74, 6) is -2.72. The first kappa shape index (κ1) is 15.1. The predicted octanol–water partition coefficient (Wildman–Crippen LogP) is 3.39. The van der Waals surface area contributed by atoms with Gasteiger partial charge in [-0.25, -0.2) is 4.79 Å². The van der Waals surface area contributed by atoms with Gasteiger partial charge in [-0.3, -0.25) is 0 Å². The molecule has 3 nitrogen and oxygen atoms in total. The molecular weight excluding hydrogens is 261 g/mol. The van der Waals surface area contributed by atoms with Crippen LogP contribution in [-0.2, 0) is 9.53 Å². The van der Waals surface area contributed by atoms with Crippen LogP contribution in [-0.4, -0.2) is 23.9 Å². The van der Waals surface area contributed by atoms with Gasteiger partial charge in [0.1, 0.15) is 5.76 Å². The minimum atomic E-state index is -4.98. The average Bonchev–Trinajstić information content (AvgIpc) is 2.28. The van der Waals surface area contributed by atoms with Gasteiger partial charge in [-0.15, -0.1) is 0 Å². The lowest BCUT2D eigenvalue weighted by Crippen LogP contribution is -2.24. The van der Waals surface area contributed by atoms with E-state index in [1.165, 1.54) is 31.2 Å². The highest BCUT2D eigenvalue weighted by molar-refractivity contribution is 5.97. The molecule has 104 valence electrons. The molecule has 0 aliphatic heterocycles. The summed E-state index contributed by atoms with van der Waals surface area (Å²) in [6.45, 7) is 2.93. The second-order valence-corrected chi connectivity index (χ2v) is 3.81. The zero-order valence-electron chi connectivity index (χ0n) is 10.4. The SMILES string of the molecule is CCOC(=O)/C(=C(\O)c1ccc(C)cc1)C(F)(F)F. The minimum Gasteiger partial charge on any atom is -0.506 e. The number of aliphatic hydroxyl groups is 1. The Morgan fingerprint density at radius 2 is 1.79 bits per heavy atom. The van der Waals surface area contributed by atoms with Crippen LogP contribution in [0.5, 0.6) is 0 Å². The van der Waals surface area contributed by atoms with Crippen LogP contribution in [0.2, 0.25) is 0 Å². The van der Waals surface area contributed by atoms with Gasteiger partial charge in [0.2, 0.25) is 0 Å². The van der Waals surface area contributed by atoms with Gasteiger partial charge < -0.3 is 9.84 Å². The Bertz CT molecular complexity index is 487. The minimum absolute atomic E-state index is 0.0917. The standard InChI is InChI=1S/C13H13F3O3/c1-3-19-12(18)10(13(14,15)16)11(17)9-6-4-8(2)5-7-9/h4-7,17H,3H2,1-2H3/b11-10+. The second-order valence-electron chi connectivity index (χ2n) is 3.81. The van der Waals surface area contributed by atoms with Gasteiger partial charge in [-0.2, -0.15) is 13.2 Å². The molecule has 0 spiro atoms. The summed E-state index contributed by atoms with van der Waals surface area (Å²) < 4.78 is 42.7. The van der Waals surface area contributed by atoms with Gasteiger partial charge in [0.25, 0.3) is 0 Å². The number of benzene rings is 1. The molecule has 0 bridgehead atoms. The van der Waals surface area contributed by atoms with Crippen molar-refractivity contribution in [2.75, 3.05) is 6.61 Å². The number of aryl methyl sites for hydroxylation is 1. The summed E-state index contributed by atoms with van der Waals surface area (Å²) in [6.07, 6.45) is -4.98. The van der Waals surface area contributed by atoms with Crippen molar-refractivity contribution < 1.29 is 27.8 Å². The third-order valence-electron chi connectivity index (χ3n) is 2.32. The lowest BCUT2D eigenvalue weighted by atomic mass is 10.1. The van der Waals surface area contributed by atoms with Crippen molar-refractivity contribution in [3.63, 3.8) is 0 Å². The van der Waals surface area contributed by atoms with Gasteiger partial charge in [0, 0.05) is 5.56 Å². The Hall–Kier alpha value is -1.98. The summed E-state index contributed by atoms with van der Waals surface area (Å²) in [5.41, 5.74) is -0.967. The molecule has 1 rings (SSSR count). The van der Waals surface area contributed by atoms with Crippen molar-refractivity contribution in [3.8, 4) is 0 Å². The number of halogens is 3. The van der Waals surface area contributed by atoms with Crippen LogP contribution in [0.1, 0.15) is 18.1 Å². The van der Waals surface area contributed by atoms with Crippen LogP contribution in [0.3, 0.4) is 0 Å². The van der Waals surface area contributed by atoms with Crippen molar-refractivity contribution in [1.29, 1.82) is 0 Å². The monoisotopic (exact) mass is 274 g/mol. The van der Waals surface area contributed by atoms with Crippen LogP contribution >= 0.6 is 0 Å². The number of rotatable bonds is 3. The summed E-state index contributed by atoms with van der Waals surface area (Å²) >= 11 is 0. The largest absolute Gasteiger partial charge is 0.506 e. The van der Waals surface area contributed by atoms with E-state index in [0.717, 1.165) is 5.56 Å². The number of esters is 1. The van der Waals surface area contributed by atoms with Crippen molar-refractivity contribution in [3.05, 3.63) is 41.0 Å². The third-order valence-corrected chi connectivity index (χ3v) is 2.32. The molecule has 0 fully saturated rings. The van der Waals surface area contributed by atoms with Crippen LogP contribution in [0, 0.1) is 6.92 Å². The summed E-state index contributed by atoms with van der Waals surface area (Å²) in [7, 11) is 0. The Balaban J connectivity index is 3.31. The van der Waals surface area contributed by atoms with Crippen molar-refractivity contribution in [2.45, 2.75) is 20.0 Å².